The van der Waals surface area contributed by atoms with E-state index in [4.69, 9.17) is 16.3 Å². The minimum absolute atomic E-state index is 0.0517. The van der Waals surface area contributed by atoms with Crippen molar-refractivity contribution >= 4 is 22.9 Å². The van der Waals surface area contributed by atoms with E-state index in [1.54, 1.807) is 18.4 Å². The predicted octanol–water partition coefficient (Wildman–Crippen LogP) is 4.90. The average Bonchev–Trinajstić information content (AvgIpc) is 2.71. The Balaban J connectivity index is 2.08. The summed E-state index contributed by atoms with van der Waals surface area (Å²) in [5.74, 6) is 0.882. The number of benzene rings is 1. The molecule has 18 heavy (non-hydrogen) atoms. The van der Waals surface area contributed by atoms with Crippen LogP contribution < -0.4 is 4.74 Å². The number of hydrogen-bond acceptors (Lipinski definition) is 2. The summed E-state index contributed by atoms with van der Waals surface area (Å²) in [5, 5.41) is 0.0517. The van der Waals surface area contributed by atoms with Gasteiger partial charge in [0.25, 0.3) is 0 Å². The summed E-state index contributed by atoms with van der Waals surface area (Å²) in [6, 6.07) is 10.3. The van der Waals surface area contributed by atoms with Crippen LogP contribution in [0, 0.1) is 13.8 Å². The molecule has 1 aromatic carbocycles. The van der Waals surface area contributed by atoms with E-state index < -0.39 is 0 Å². The molecule has 0 amide bonds. The number of ether oxygens (including phenoxy) is 1. The highest BCUT2D eigenvalue weighted by Gasteiger charge is 2.12. The minimum atomic E-state index is 0.0517. The molecule has 0 spiro atoms. The van der Waals surface area contributed by atoms with Gasteiger partial charge in [-0.2, -0.15) is 0 Å². The minimum Gasteiger partial charge on any atom is -0.497 e. The second-order valence-electron chi connectivity index (χ2n) is 4.41. The summed E-state index contributed by atoms with van der Waals surface area (Å²) in [6.45, 7) is 4.27. The molecule has 0 radical (unpaired) electrons. The Kier molecular flexibility index (Phi) is 4.31. The summed E-state index contributed by atoms with van der Waals surface area (Å²) in [5.41, 5.74) is 2.56. The zero-order chi connectivity index (χ0) is 13.1. The fraction of sp³-hybridized carbons (Fsp3) is 0.333. The molecule has 0 fully saturated rings. The molecule has 0 aliphatic rings. The van der Waals surface area contributed by atoms with Gasteiger partial charge in [-0.05, 0) is 49.6 Å². The molecule has 3 heteroatoms. The number of alkyl halides is 1. The number of hydrogen-bond donors (Lipinski definition) is 0. The van der Waals surface area contributed by atoms with Gasteiger partial charge in [0.1, 0.15) is 5.75 Å². The highest BCUT2D eigenvalue weighted by molar-refractivity contribution is 7.12. The Morgan fingerprint density at radius 2 is 1.89 bits per heavy atom. The lowest BCUT2D eigenvalue weighted by Gasteiger charge is -2.08. The van der Waals surface area contributed by atoms with Crippen LogP contribution in [0.4, 0.5) is 0 Å². The van der Waals surface area contributed by atoms with Crippen LogP contribution in [0.2, 0.25) is 0 Å². The standard InChI is InChI=1S/C15H17ClOS/c1-10-8-15(18-11(10)2)14(16)9-12-4-6-13(17-3)7-5-12/h4-8,14H,9H2,1-3H3. The third-order valence-corrected chi connectivity index (χ3v) is 4.85. The third-order valence-electron chi connectivity index (χ3n) is 3.07. The van der Waals surface area contributed by atoms with Gasteiger partial charge >= 0.3 is 0 Å². The van der Waals surface area contributed by atoms with Gasteiger partial charge in [0.05, 0.1) is 12.5 Å². The van der Waals surface area contributed by atoms with Crippen LogP contribution in [-0.4, -0.2) is 7.11 Å². The molecule has 1 heterocycles. The van der Waals surface area contributed by atoms with Crippen LogP contribution in [0.5, 0.6) is 5.75 Å². The Bertz CT molecular complexity index is 496. The van der Waals surface area contributed by atoms with Crippen molar-refractivity contribution in [2.75, 3.05) is 7.11 Å². The summed E-state index contributed by atoms with van der Waals surface area (Å²) >= 11 is 8.27. The molecule has 0 N–H and O–H groups in total. The highest BCUT2D eigenvalue weighted by Crippen LogP contribution is 2.33. The second kappa shape index (κ2) is 5.77. The van der Waals surface area contributed by atoms with Crippen LogP contribution in [0.25, 0.3) is 0 Å². The van der Waals surface area contributed by atoms with E-state index in [2.05, 4.69) is 32.0 Å². The lowest BCUT2D eigenvalue weighted by atomic mass is 10.1. The van der Waals surface area contributed by atoms with Crippen LogP contribution in [0.3, 0.4) is 0 Å². The highest BCUT2D eigenvalue weighted by atomic mass is 35.5. The zero-order valence-electron chi connectivity index (χ0n) is 10.9. The van der Waals surface area contributed by atoms with Gasteiger partial charge in [-0.25, -0.2) is 0 Å². The van der Waals surface area contributed by atoms with E-state index in [1.165, 1.54) is 20.9 Å². The molecule has 1 atom stereocenters. The molecule has 2 rings (SSSR count). The van der Waals surface area contributed by atoms with E-state index in [0.717, 1.165) is 12.2 Å². The maximum absolute atomic E-state index is 6.48. The smallest absolute Gasteiger partial charge is 0.118 e. The first-order valence-electron chi connectivity index (χ1n) is 5.94. The predicted molar refractivity (Wildman–Crippen MR) is 79.1 cm³/mol. The zero-order valence-corrected chi connectivity index (χ0v) is 12.4. The third kappa shape index (κ3) is 3.06. The van der Waals surface area contributed by atoms with E-state index in [-0.39, 0.29) is 5.38 Å². The van der Waals surface area contributed by atoms with Crippen molar-refractivity contribution in [1.82, 2.24) is 0 Å². The van der Waals surface area contributed by atoms with Crippen LogP contribution in [0.15, 0.2) is 30.3 Å². The van der Waals surface area contributed by atoms with Gasteiger partial charge in [-0.15, -0.1) is 22.9 Å². The normalized spacial score (nSPS) is 12.4. The van der Waals surface area contributed by atoms with Gasteiger partial charge in [0, 0.05) is 9.75 Å². The first-order chi connectivity index (χ1) is 8.60. The monoisotopic (exact) mass is 280 g/mol. The first kappa shape index (κ1) is 13.4. The van der Waals surface area contributed by atoms with Gasteiger partial charge in [-0.1, -0.05) is 12.1 Å². The largest absolute Gasteiger partial charge is 0.497 e. The molecule has 1 unspecified atom stereocenters. The quantitative estimate of drug-likeness (QED) is 0.724. The summed E-state index contributed by atoms with van der Waals surface area (Å²) in [4.78, 5) is 2.60. The Morgan fingerprint density at radius 1 is 1.22 bits per heavy atom. The van der Waals surface area contributed by atoms with E-state index in [1.807, 2.05) is 12.1 Å². The fourth-order valence-electron chi connectivity index (χ4n) is 1.83. The van der Waals surface area contributed by atoms with Crippen molar-refractivity contribution in [1.29, 1.82) is 0 Å². The van der Waals surface area contributed by atoms with Crippen molar-refractivity contribution in [3.63, 3.8) is 0 Å². The Hall–Kier alpha value is -0.990. The first-order valence-corrected chi connectivity index (χ1v) is 7.19. The summed E-state index contributed by atoms with van der Waals surface area (Å²) in [7, 11) is 1.68. The molecule has 2 aromatic rings. The summed E-state index contributed by atoms with van der Waals surface area (Å²) in [6.07, 6.45) is 0.852. The number of aryl methyl sites for hydroxylation is 2. The number of thiophene rings is 1. The lowest BCUT2D eigenvalue weighted by molar-refractivity contribution is 0.414. The lowest BCUT2D eigenvalue weighted by Crippen LogP contribution is -1.93. The van der Waals surface area contributed by atoms with E-state index >= 15 is 0 Å². The van der Waals surface area contributed by atoms with Gasteiger partial charge < -0.3 is 4.74 Å². The Morgan fingerprint density at radius 3 is 2.39 bits per heavy atom. The van der Waals surface area contributed by atoms with Crippen LogP contribution in [0.1, 0.15) is 26.3 Å². The molecule has 0 aliphatic heterocycles. The van der Waals surface area contributed by atoms with Crippen molar-refractivity contribution in [3.05, 3.63) is 51.2 Å². The number of methoxy groups -OCH3 is 1. The topological polar surface area (TPSA) is 9.23 Å². The van der Waals surface area contributed by atoms with Crippen molar-refractivity contribution in [3.8, 4) is 5.75 Å². The van der Waals surface area contributed by atoms with E-state index in [9.17, 15) is 0 Å². The molecule has 96 valence electrons. The maximum atomic E-state index is 6.48. The molecule has 1 nitrogen and oxygen atoms in total. The van der Waals surface area contributed by atoms with Crippen LogP contribution >= 0.6 is 22.9 Å². The van der Waals surface area contributed by atoms with Crippen molar-refractivity contribution < 1.29 is 4.74 Å². The van der Waals surface area contributed by atoms with E-state index in [0.29, 0.717) is 0 Å². The number of halogens is 1. The van der Waals surface area contributed by atoms with Crippen molar-refractivity contribution in [2.24, 2.45) is 0 Å². The molecule has 0 saturated heterocycles. The molecule has 1 aromatic heterocycles. The molecular weight excluding hydrogens is 264 g/mol. The van der Waals surface area contributed by atoms with Gasteiger partial charge in [0.2, 0.25) is 0 Å². The molecular formula is C15H17ClOS. The molecule has 0 saturated carbocycles. The SMILES string of the molecule is COc1ccc(CC(Cl)c2cc(C)c(C)s2)cc1. The van der Waals surface area contributed by atoms with Gasteiger partial charge in [0.15, 0.2) is 0 Å². The molecule has 0 aliphatic carbocycles. The number of rotatable bonds is 4. The Labute approximate surface area is 117 Å². The average molecular weight is 281 g/mol. The maximum Gasteiger partial charge on any atom is 0.118 e. The summed E-state index contributed by atoms with van der Waals surface area (Å²) < 4.78 is 5.15. The fourth-order valence-corrected chi connectivity index (χ4v) is 3.22. The molecule has 0 bridgehead atoms. The second-order valence-corrected chi connectivity index (χ2v) is 6.22. The van der Waals surface area contributed by atoms with Gasteiger partial charge in [-0.3, -0.25) is 0 Å². The van der Waals surface area contributed by atoms with Crippen LogP contribution in [-0.2, 0) is 6.42 Å². The van der Waals surface area contributed by atoms with Crippen molar-refractivity contribution in [2.45, 2.75) is 25.6 Å².